The average molecular weight is 377 g/mol. The molecule has 1 aliphatic rings. The van der Waals surface area contributed by atoms with E-state index in [2.05, 4.69) is 15.7 Å². The van der Waals surface area contributed by atoms with E-state index in [0.717, 1.165) is 41.8 Å². The third kappa shape index (κ3) is 3.92. The van der Waals surface area contributed by atoms with E-state index in [4.69, 9.17) is 4.98 Å². The summed E-state index contributed by atoms with van der Waals surface area (Å²) in [6.45, 7) is 5.60. The number of carbonyl (C=O) groups is 1. The molecule has 1 saturated heterocycles. The molecule has 6 nitrogen and oxygen atoms in total. The summed E-state index contributed by atoms with van der Waals surface area (Å²) in [7, 11) is 0. The molecule has 4 rings (SSSR count). The molecule has 1 amide bonds. The van der Waals surface area contributed by atoms with Crippen molar-refractivity contribution in [1.29, 1.82) is 0 Å². The van der Waals surface area contributed by atoms with Crippen LogP contribution < -0.4 is 10.6 Å². The van der Waals surface area contributed by atoms with Crippen LogP contribution in [-0.4, -0.2) is 40.3 Å². The van der Waals surface area contributed by atoms with Gasteiger partial charge in [-0.15, -0.1) is 0 Å². The van der Waals surface area contributed by atoms with E-state index in [1.165, 1.54) is 12.8 Å². The molecule has 28 heavy (non-hydrogen) atoms. The number of pyridine rings is 1. The summed E-state index contributed by atoms with van der Waals surface area (Å²) in [5, 5.41) is 11.8. The summed E-state index contributed by atoms with van der Waals surface area (Å²) in [6, 6.07) is 11.9. The fourth-order valence-corrected chi connectivity index (χ4v) is 3.88. The van der Waals surface area contributed by atoms with Crippen LogP contribution in [0, 0.1) is 5.92 Å². The van der Waals surface area contributed by atoms with Crippen LogP contribution >= 0.6 is 0 Å². The van der Waals surface area contributed by atoms with Gasteiger partial charge in [0.15, 0.2) is 5.65 Å². The maximum absolute atomic E-state index is 13.0. The fourth-order valence-electron chi connectivity index (χ4n) is 3.88. The third-order valence-corrected chi connectivity index (χ3v) is 5.46. The van der Waals surface area contributed by atoms with Crippen LogP contribution in [0.25, 0.3) is 22.3 Å². The molecule has 146 valence electrons. The number of piperidine rings is 1. The van der Waals surface area contributed by atoms with Crippen LogP contribution in [0.2, 0.25) is 0 Å². The molecular weight excluding hydrogens is 350 g/mol. The molecule has 3 heterocycles. The topological polar surface area (TPSA) is 71.8 Å². The second-order valence-electron chi connectivity index (χ2n) is 7.38. The molecule has 0 radical (unpaired) electrons. The lowest BCUT2D eigenvalue weighted by atomic mass is 9.96. The minimum Gasteiger partial charge on any atom is -0.352 e. The van der Waals surface area contributed by atoms with Gasteiger partial charge < -0.3 is 10.6 Å². The van der Waals surface area contributed by atoms with Gasteiger partial charge in [-0.25, -0.2) is 9.67 Å². The van der Waals surface area contributed by atoms with Gasteiger partial charge in [-0.2, -0.15) is 5.10 Å². The Morgan fingerprint density at radius 3 is 2.93 bits per heavy atom. The highest BCUT2D eigenvalue weighted by atomic mass is 16.1. The van der Waals surface area contributed by atoms with Crippen LogP contribution in [0.15, 0.2) is 42.6 Å². The van der Waals surface area contributed by atoms with E-state index in [1.54, 1.807) is 6.20 Å². The number of hydrogen-bond acceptors (Lipinski definition) is 4. The van der Waals surface area contributed by atoms with Crippen molar-refractivity contribution < 1.29 is 4.79 Å². The molecule has 6 heteroatoms. The van der Waals surface area contributed by atoms with Gasteiger partial charge in [0, 0.05) is 18.7 Å². The number of hydrogen-bond donors (Lipinski definition) is 2. The van der Waals surface area contributed by atoms with Gasteiger partial charge in [0.1, 0.15) is 0 Å². The number of fused-ring (bicyclic) bond motifs is 1. The lowest BCUT2D eigenvalue weighted by Crippen LogP contribution is -2.33. The Morgan fingerprint density at radius 2 is 2.18 bits per heavy atom. The van der Waals surface area contributed by atoms with Crippen molar-refractivity contribution in [2.75, 3.05) is 19.6 Å². The number of carbonyl (C=O) groups excluding carboxylic acids is 1. The number of rotatable bonds is 6. The molecule has 1 fully saturated rings. The molecule has 0 saturated carbocycles. The zero-order chi connectivity index (χ0) is 19.3. The molecule has 2 N–H and O–H groups in total. The van der Waals surface area contributed by atoms with Crippen molar-refractivity contribution in [3.05, 3.63) is 48.2 Å². The normalized spacial score (nSPS) is 17.0. The maximum atomic E-state index is 13.0. The minimum atomic E-state index is -0.0518. The van der Waals surface area contributed by atoms with E-state index in [0.29, 0.717) is 24.6 Å². The Hall–Kier alpha value is -2.73. The average Bonchev–Trinajstić information content (AvgIpc) is 3.17. The lowest BCUT2D eigenvalue weighted by Gasteiger charge is -2.22. The predicted octanol–water partition coefficient (Wildman–Crippen LogP) is 3.24. The first-order valence-corrected chi connectivity index (χ1v) is 10.2. The number of nitrogens with zero attached hydrogens (tertiary/aromatic N) is 3. The highest BCUT2D eigenvalue weighted by Gasteiger charge is 2.18. The Kier molecular flexibility index (Phi) is 5.67. The van der Waals surface area contributed by atoms with Gasteiger partial charge in [-0.1, -0.05) is 30.3 Å². The van der Waals surface area contributed by atoms with E-state index in [1.807, 2.05) is 48.0 Å². The van der Waals surface area contributed by atoms with Gasteiger partial charge in [0.05, 0.1) is 22.8 Å². The van der Waals surface area contributed by atoms with E-state index >= 15 is 0 Å². The van der Waals surface area contributed by atoms with Crippen molar-refractivity contribution in [3.8, 4) is 11.3 Å². The second-order valence-corrected chi connectivity index (χ2v) is 7.38. The maximum Gasteiger partial charge on any atom is 0.252 e. The summed E-state index contributed by atoms with van der Waals surface area (Å²) >= 11 is 0. The van der Waals surface area contributed by atoms with E-state index < -0.39 is 0 Å². The van der Waals surface area contributed by atoms with Crippen LogP contribution in [-0.2, 0) is 6.54 Å². The number of amides is 1. The third-order valence-electron chi connectivity index (χ3n) is 5.46. The van der Waals surface area contributed by atoms with E-state index in [9.17, 15) is 4.79 Å². The van der Waals surface area contributed by atoms with Crippen molar-refractivity contribution >= 4 is 16.9 Å². The minimum absolute atomic E-state index is 0.0518. The molecule has 1 aromatic carbocycles. The number of aryl methyl sites for hydroxylation is 1. The summed E-state index contributed by atoms with van der Waals surface area (Å²) in [6.07, 6.45) is 5.22. The van der Waals surface area contributed by atoms with Crippen molar-refractivity contribution in [2.24, 2.45) is 5.92 Å². The monoisotopic (exact) mass is 377 g/mol. The van der Waals surface area contributed by atoms with Gasteiger partial charge in [-0.3, -0.25) is 4.79 Å². The zero-order valence-electron chi connectivity index (χ0n) is 16.3. The molecule has 0 spiro atoms. The quantitative estimate of drug-likeness (QED) is 0.692. The fraction of sp³-hybridized carbons (Fsp3) is 0.409. The van der Waals surface area contributed by atoms with Gasteiger partial charge in [0.25, 0.3) is 5.91 Å². The Morgan fingerprint density at radius 1 is 1.32 bits per heavy atom. The molecule has 0 aliphatic carbocycles. The van der Waals surface area contributed by atoms with Gasteiger partial charge in [0.2, 0.25) is 0 Å². The smallest absolute Gasteiger partial charge is 0.252 e. The summed E-state index contributed by atoms with van der Waals surface area (Å²) in [5.74, 6) is 0.596. The molecule has 2 aromatic heterocycles. The largest absolute Gasteiger partial charge is 0.352 e. The second kappa shape index (κ2) is 8.52. The van der Waals surface area contributed by atoms with Crippen LogP contribution in [0.5, 0.6) is 0 Å². The molecule has 0 bridgehead atoms. The highest BCUT2D eigenvalue weighted by molar-refractivity contribution is 6.06. The lowest BCUT2D eigenvalue weighted by molar-refractivity contribution is 0.0952. The van der Waals surface area contributed by atoms with Crippen molar-refractivity contribution in [3.63, 3.8) is 0 Å². The highest BCUT2D eigenvalue weighted by Crippen LogP contribution is 2.25. The zero-order valence-corrected chi connectivity index (χ0v) is 16.3. The SMILES string of the molecule is CCn1ncc2c(C(=O)NCCC3CCCNC3)cc(-c3ccccc3)nc21. The molecule has 3 aromatic rings. The Labute approximate surface area is 165 Å². The molecule has 1 aliphatic heterocycles. The molecule has 1 unspecified atom stereocenters. The van der Waals surface area contributed by atoms with Crippen LogP contribution in [0.4, 0.5) is 0 Å². The summed E-state index contributed by atoms with van der Waals surface area (Å²) in [5.41, 5.74) is 3.19. The van der Waals surface area contributed by atoms with E-state index in [-0.39, 0.29) is 5.91 Å². The first-order valence-electron chi connectivity index (χ1n) is 10.2. The number of nitrogens with one attached hydrogen (secondary N) is 2. The number of benzene rings is 1. The number of aromatic nitrogens is 3. The molecular formula is C22H27N5O. The first kappa shape index (κ1) is 18.6. The predicted molar refractivity (Wildman–Crippen MR) is 111 cm³/mol. The summed E-state index contributed by atoms with van der Waals surface area (Å²) in [4.78, 5) is 17.8. The van der Waals surface area contributed by atoms with Crippen LogP contribution in [0.3, 0.4) is 0 Å². The van der Waals surface area contributed by atoms with Crippen molar-refractivity contribution in [2.45, 2.75) is 32.7 Å². The first-order chi connectivity index (χ1) is 13.8. The molecule has 1 atom stereocenters. The Bertz CT molecular complexity index is 944. The summed E-state index contributed by atoms with van der Waals surface area (Å²) < 4.78 is 1.84. The standard InChI is InChI=1S/C22H27N5O/c1-2-27-21-19(15-25-27)18(13-20(26-21)17-8-4-3-5-9-17)22(28)24-12-10-16-7-6-11-23-14-16/h3-5,8-9,13,15-16,23H,2,6-7,10-12,14H2,1H3,(H,24,28). The van der Waals surface area contributed by atoms with Crippen molar-refractivity contribution in [1.82, 2.24) is 25.4 Å². The Balaban J connectivity index is 1.59. The van der Waals surface area contributed by atoms with Crippen LogP contribution in [0.1, 0.15) is 36.5 Å². The van der Waals surface area contributed by atoms with Gasteiger partial charge >= 0.3 is 0 Å². The van der Waals surface area contributed by atoms with Gasteiger partial charge in [-0.05, 0) is 51.3 Å².